The Balaban J connectivity index is 0.00000300. The molecule has 0 bridgehead atoms. The predicted octanol–water partition coefficient (Wildman–Crippen LogP) is 4.02. The van der Waals surface area contributed by atoms with Gasteiger partial charge in [0.2, 0.25) is 0 Å². The van der Waals surface area contributed by atoms with E-state index in [1.54, 1.807) is 0 Å². The molecule has 0 spiro atoms. The van der Waals surface area contributed by atoms with Crippen LogP contribution < -0.4 is 10.6 Å². The molecule has 1 saturated carbocycles. The number of hydrogen-bond acceptors (Lipinski definition) is 3. The monoisotopic (exact) mass is 533 g/mol. The van der Waals surface area contributed by atoms with Gasteiger partial charge in [0.15, 0.2) is 5.96 Å². The van der Waals surface area contributed by atoms with Crippen molar-refractivity contribution in [2.24, 2.45) is 4.99 Å². The average Bonchev–Trinajstić information content (AvgIpc) is 2.72. The molecule has 0 aromatic heterocycles. The molecule has 3 N–H and O–H groups in total. The Morgan fingerprint density at radius 3 is 2.76 bits per heavy atom. The first-order chi connectivity index (χ1) is 13.6. The quantitative estimate of drug-likeness (QED) is 0.294. The van der Waals surface area contributed by atoms with Crippen LogP contribution in [0, 0.1) is 0 Å². The summed E-state index contributed by atoms with van der Waals surface area (Å²) in [5.41, 5.74) is 3.63. The molecule has 5 nitrogen and oxygen atoms in total. The van der Waals surface area contributed by atoms with E-state index in [0.717, 1.165) is 62.3 Å². The van der Waals surface area contributed by atoms with E-state index in [-0.39, 0.29) is 24.0 Å². The molecule has 29 heavy (non-hydrogen) atoms. The van der Waals surface area contributed by atoms with Crippen LogP contribution in [0.3, 0.4) is 0 Å². The van der Waals surface area contributed by atoms with Crippen molar-refractivity contribution in [3.8, 4) is 5.75 Å². The molecule has 7 heteroatoms. The number of fused-ring (bicyclic) bond motifs is 1. The zero-order valence-corrected chi connectivity index (χ0v) is 20.9. The van der Waals surface area contributed by atoms with Gasteiger partial charge in [0.25, 0.3) is 0 Å². The first kappa shape index (κ1) is 24.4. The highest BCUT2D eigenvalue weighted by Gasteiger charge is 2.26. The summed E-state index contributed by atoms with van der Waals surface area (Å²) in [7, 11) is -0.724. The lowest BCUT2D eigenvalue weighted by atomic mass is 9.88. The molecule has 1 aromatic rings. The molecule has 0 aliphatic heterocycles. The number of aromatic hydroxyl groups is 1. The Kier molecular flexibility index (Phi) is 10.2. The standard InChI is InChI=1S/C22H35N3O2S.HI/c1-3-23-22(25-17-9-7-10-18(14-17)28(27)4-2)24-15-20-19-11-6-5-8-16(19)12-13-21(20)26;/h12-13,17-18,26H,3-11,14-15H2,1-2H3,(H2,23,24,25);1H. The molecular weight excluding hydrogens is 497 g/mol. The molecule has 3 atom stereocenters. The van der Waals surface area contributed by atoms with Gasteiger partial charge in [-0.2, -0.15) is 0 Å². The van der Waals surface area contributed by atoms with Crippen LogP contribution >= 0.6 is 24.0 Å². The van der Waals surface area contributed by atoms with Crippen molar-refractivity contribution >= 4 is 40.7 Å². The number of halogens is 1. The number of benzene rings is 1. The van der Waals surface area contributed by atoms with E-state index >= 15 is 0 Å². The summed E-state index contributed by atoms with van der Waals surface area (Å²) in [4.78, 5) is 4.80. The molecule has 3 unspecified atom stereocenters. The van der Waals surface area contributed by atoms with Gasteiger partial charge >= 0.3 is 0 Å². The second-order valence-corrected chi connectivity index (χ2v) is 9.91. The topological polar surface area (TPSA) is 73.7 Å². The summed E-state index contributed by atoms with van der Waals surface area (Å²) in [6, 6.07) is 4.20. The van der Waals surface area contributed by atoms with Crippen LogP contribution in [0.4, 0.5) is 0 Å². The first-order valence-corrected chi connectivity index (χ1v) is 12.2. The minimum Gasteiger partial charge on any atom is -0.508 e. The van der Waals surface area contributed by atoms with Crippen molar-refractivity contribution in [2.45, 2.75) is 83.1 Å². The van der Waals surface area contributed by atoms with Gasteiger partial charge in [-0.15, -0.1) is 24.0 Å². The van der Waals surface area contributed by atoms with Crippen molar-refractivity contribution in [3.63, 3.8) is 0 Å². The van der Waals surface area contributed by atoms with Crippen LogP contribution in [-0.2, 0) is 30.2 Å². The molecule has 3 rings (SSSR count). The Bertz CT molecular complexity index is 726. The van der Waals surface area contributed by atoms with Gasteiger partial charge in [-0.25, -0.2) is 4.99 Å². The van der Waals surface area contributed by atoms with Crippen LogP contribution in [0.25, 0.3) is 0 Å². The molecule has 2 aliphatic carbocycles. The minimum absolute atomic E-state index is 0. The largest absolute Gasteiger partial charge is 0.508 e. The lowest BCUT2D eigenvalue weighted by molar-refractivity contribution is 0.413. The van der Waals surface area contributed by atoms with E-state index in [1.165, 1.54) is 24.0 Å². The number of guanidine groups is 1. The Labute approximate surface area is 195 Å². The first-order valence-electron chi connectivity index (χ1n) is 10.9. The maximum absolute atomic E-state index is 12.2. The van der Waals surface area contributed by atoms with Crippen LogP contribution in [0.15, 0.2) is 17.1 Å². The zero-order valence-electron chi connectivity index (χ0n) is 17.7. The molecule has 0 heterocycles. The number of aryl methyl sites for hydroxylation is 1. The fourth-order valence-electron chi connectivity index (χ4n) is 4.49. The SMILES string of the molecule is CCNC(=NCc1c(O)ccc2c1CCCC2)NC1CCCC(S(=O)CC)C1.I. The van der Waals surface area contributed by atoms with Crippen molar-refractivity contribution in [2.75, 3.05) is 12.3 Å². The molecule has 1 aromatic carbocycles. The Hall–Kier alpha value is -0.830. The molecule has 0 radical (unpaired) electrons. The van der Waals surface area contributed by atoms with E-state index < -0.39 is 10.8 Å². The summed E-state index contributed by atoms with van der Waals surface area (Å²) in [5, 5.41) is 17.6. The number of nitrogens with zero attached hydrogens (tertiary/aromatic N) is 1. The van der Waals surface area contributed by atoms with Crippen LogP contribution in [0.1, 0.15) is 69.1 Å². The molecule has 1 fully saturated rings. The maximum atomic E-state index is 12.2. The van der Waals surface area contributed by atoms with Crippen molar-refractivity contribution in [1.82, 2.24) is 10.6 Å². The molecule has 164 valence electrons. The fourth-order valence-corrected chi connectivity index (χ4v) is 5.84. The Morgan fingerprint density at radius 1 is 1.21 bits per heavy atom. The summed E-state index contributed by atoms with van der Waals surface area (Å²) >= 11 is 0. The van der Waals surface area contributed by atoms with Crippen LogP contribution in [0.5, 0.6) is 5.75 Å². The Morgan fingerprint density at radius 2 is 2.00 bits per heavy atom. The predicted molar refractivity (Wildman–Crippen MR) is 133 cm³/mol. The number of phenolic OH excluding ortho intramolecular Hbond substituents is 1. The van der Waals surface area contributed by atoms with Gasteiger partial charge in [0.1, 0.15) is 5.75 Å². The average molecular weight is 534 g/mol. The van der Waals surface area contributed by atoms with E-state index in [0.29, 0.717) is 23.6 Å². The smallest absolute Gasteiger partial charge is 0.191 e. The third-order valence-corrected chi connectivity index (χ3v) is 7.73. The lowest BCUT2D eigenvalue weighted by Crippen LogP contribution is -2.46. The number of nitrogens with one attached hydrogen (secondary N) is 2. The number of aliphatic imine (C=N–C) groups is 1. The van der Waals surface area contributed by atoms with Crippen LogP contribution in [0.2, 0.25) is 0 Å². The number of rotatable bonds is 6. The third-order valence-electron chi connectivity index (χ3n) is 5.99. The van der Waals surface area contributed by atoms with E-state index in [1.807, 2.05) is 13.0 Å². The zero-order chi connectivity index (χ0) is 19.9. The highest BCUT2D eigenvalue weighted by Crippen LogP contribution is 2.31. The molecule has 0 amide bonds. The van der Waals surface area contributed by atoms with Crippen molar-refractivity contribution in [3.05, 3.63) is 28.8 Å². The van der Waals surface area contributed by atoms with Crippen LogP contribution in [-0.4, -0.2) is 38.9 Å². The van der Waals surface area contributed by atoms with Crippen molar-refractivity contribution < 1.29 is 9.32 Å². The maximum Gasteiger partial charge on any atom is 0.191 e. The molecular formula is C22H36IN3O2S. The van der Waals surface area contributed by atoms with Gasteiger partial charge in [-0.05, 0) is 69.1 Å². The van der Waals surface area contributed by atoms with E-state index in [9.17, 15) is 9.32 Å². The fraction of sp³-hybridized carbons (Fsp3) is 0.682. The second kappa shape index (κ2) is 12.1. The van der Waals surface area contributed by atoms with E-state index in [2.05, 4.69) is 23.6 Å². The van der Waals surface area contributed by atoms with E-state index in [4.69, 9.17) is 4.99 Å². The van der Waals surface area contributed by atoms with Crippen molar-refractivity contribution in [1.29, 1.82) is 0 Å². The minimum atomic E-state index is -0.724. The number of hydrogen-bond donors (Lipinski definition) is 3. The normalized spacial score (nSPS) is 22.9. The number of phenols is 1. The highest BCUT2D eigenvalue weighted by atomic mass is 127. The molecule has 2 aliphatic rings. The highest BCUT2D eigenvalue weighted by molar-refractivity contribution is 14.0. The summed E-state index contributed by atoms with van der Waals surface area (Å²) < 4.78 is 12.2. The lowest BCUT2D eigenvalue weighted by Gasteiger charge is -2.30. The van der Waals surface area contributed by atoms with Gasteiger partial charge in [0.05, 0.1) is 6.54 Å². The summed E-state index contributed by atoms with van der Waals surface area (Å²) in [6.45, 7) is 5.35. The molecule has 0 saturated heterocycles. The summed E-state index contributed by atoms with van der Waals surface area (Å²) in [6.07, 6.45) is 8.76. The van der Waals surface area contributed by atoms with Gasteiger partial charge in [-0.1, -0.05) is 19.4 Å². The van der Waals surface area contributed by atoms with Gasteiger partial charge < -0.3 is 15.7 Å². The summed E-state index contributed by atoms with van der Waals surface area (Å²) in [5.74, 6) is 1.89. The second-order valence-electron chi connectivity index (χ2n) is 7.90. The van der Waals surface area contributed by atoms with Gasteiger partial charge in [0, 0.05) is 40.0 Å². The third kappa shape index (κ3) is 6.57. The van der Waals surface area contributed by atoms with Gasteiger partial charge in [-0.3, -0.25) is 4.21 Å².